The molecule has 2 nitrogen and oxygen atoms in total. The molecule has 0 fully saturated rings. The van der Waals surface area contributed by atoms with E-state index < -0.39 is 0 Å². The zero-order valence-electron chi connectivity index (χ0n) is 9.54. The van der Waals surface area contributed by atoms with Crippen LogP contribution in [-0.4, -0.2) is 20.8 Å². The van der Waals surface area contributed by atoms with Gasteiger partial charge in [-0.15, -0.1) is 0 Å². The minimum Gasteiger partial charge on any atom is -0.497 e. The number of hydrogen-bond donors (Lipinski definition) is 0. The van der Waals surface area contributed by atoms with Crippen LogP contribution in [0, 0.1) is 5.92 Å². The number of rotatable bonds is 6. The molecular formula is C12H20O2. The quantitative estimate of drug-likeness (QED) is 0.480. The Morgan fingerprint density at radius 1 is 1.36 bits per heavy atom. The van der Waals surface area contributed by atoms with Crippen molar-refractivity contribution in [1.29, 1.82) is 0 Å². The van der Waals surface area contributed by atoms with Gasteiger partial charge in [-0.1, -0.05) is 32.6 Å². The van der Waals surface area contributed by atoms with E-state index in [-0.39, 0.29) is 0 Å². The third-order valence-electron chi connectivity index (χ3n) is 1.92. The molecule has 0 saturated heterocycles. The smallest absolute Gasteiger partial charge is 0.120 e. The first-order valence-electron chi connectivity index (χ1n) is 4.72. The lowest BCUT2D eigenvalue weighted by atomic mass is 10.0. The average Bonchev–Trinajstić information content (AvgIpc) is 2.17. The third kappa shape index (κ3) is 4.28. The Hall–Kier alpha value is -1.02. The van der Waals surface area contributed by atoms with Gasteiger partial charge in [0.1, 0.15) is 5.76 Å². The Kier molecular flexibility index (Phi) is 6.85. The van der Waals surface area contributed by atoms with Gasteiger partial charge in [-0.25, -0.2) is 0 Å². The highest BCUT2D eigenvalue weighted by atomic mass is 16.5. The number of allylic oxidation sites excluding steroid dienone is 3. The van der Waals surface area contributed by atoms with Crippen molar-refractivity contribution in [3.8, 4) is 0 Å². The number of methoxy groups -OCH3 is 2. The standard InChI is InChI=1S/C12H20O2/c1-6-7-8-12(14-5)11(9-13-4)10(2)3/h6-8,10H,1,9H2,2-5H3/b8-7-,12-11-. The fourth-order valence-corrected chi connectivity index (χ4v) is 1.14. The van der Waals surface area contributed by atoms with E-state index in [1.807, 2.05) is 12.2 Å². The lowest BCUT2D eigenvalue weighted by Gasteiger charge is -2.14. The van der Waals surface area contributed by atoms with Crippen LogP contribution in [-0.2, 0) is 9.47 Å². The zero-order chi connectivity index (χ0) is 11.0. The van der Waals surface area contributed by atoms with Crippen LogP contribution < -0.4 is 0 Å². The second-order valence-corrected chi connectivity index (χ2v) is 3.28. The second-order valence-electron chi connectivity index (χ2n) is 3.28. The molecule has 0 rings (SSSR count). The maximum absolute atomic E-state index is 5.29. The van der Waals surface area contributed by atoms with Gasteiger partial charge in [0.05, 0.1) is 13.7 Å². The summed E-state index contributed by atoms with van der Waals surface area (Å²) in [5, 5.41) is 0. The number of hydrogen-bond acceptors (Lipinski definition) is 2. The molecule has 0 unspecified atom stereocenters. The third-order valence-corrected chi connectivity index (χ3v) is 1.92. The van der Waals surface area contributed by atoms with Crippen LogP contribution in [0.2, 0.25) is 0 Å². The predicted molar refractivity (Wildman–Crippen MR) is 60.1 cm³/mol. The van der Waals surface area contributed by atoms with Crippen molar-refractivity contribution in [3.63, 3.8) is 0 Å². The summed E-state index contributed by atoms with van der Waals surface area (Å²) in [6, 6.07) is 0. The Morgan fingerprint density at radius 3 is 2.36 bits per heavy atom. The molecule has 0 saturated carbocycles. The van der Waals surface area contributed by atoms with Gasteiger partial charge in [-0.3, -0.25) is 0 Å². The van der Waals surface area contributed by atoms with E-state index in [9.17, 15) is 0 Å². The van der Waals surface area contributed by atoms with Gasteiger partial charge in [0.2, 0.25) is 0 Å². The molecule has 0 amide bonds. The maximum atomic E-state index is 5.29. The first kappa shape index (κ1) is 13.0. The average molecular weight is 196 g/mol. The van der Waals surface area contributed by atoms with Crippen LogP contribution in [0.3, 0.4) is 0 Å². The van der Waals surface area contributed by atoms with Crippen LogP contribution >= 0.6 is 0 Å². The van der Waals surface area contributed by atoms with Crippen molar-refractivity contribution in [2.24, 2.45) is 5.92 Å². The molecule has 0 aromatic heterocycles. The molecule has 0 aromatic carbocycles. The molecule has 0 atom stereocenters. The van der Waals surface area contributed by atoms with Gasteiger partial charge in [-0.05, 0) is 17.6 Å². The minimum atomic E-state index is 0.416. The normalized spacial score (nSPS) is 13.2. The van der Waals surface area contributed by atoms with Gasteiger partial charge in [0.25, 0.3) is 0 Å². The van der Waals surface area contributed by atoms with Gasteiger partial charge >= 0.3 is 0 Å². The van der Waals surface area contributed by atoms with E-state index in [0.29, 0.717) is 12.5 Å². The van der Waals surface area contributed by atoms with Crippen LogP contribution in [0.1, 0.15) is 13.8 Å². The molecule has 0 heterocycles. The van der Waals surface area contributed by atoms with E-state index >= 15 is 0 Å². The largest absolute Gasteiger partial charge is 0.497 e. The fourth-order valence-electron chi connectivity index (χ4n) is 1.14. The van der Waals surface area contributed by atoms with Crippen molar-refractivity contribution in [1.82, 2.24) is 0 Å². The van der Waals surface area contributed by atoms with E-state index in [4.69, 9.17) is 9.47 Å². The molecular weight excluding hydrogens is 176 g/mol. The summed E-state index contributed by atoms with van der Waals surface area (Å²) in [5.41, 5.74) is 1.16. The summed E-state index contributed by atoms with van der Waals surface area (Å²) in [6.45, 7) is 8.46. The topological polar surface area (TPSA) is 18.5 Å². The van der Waals surface area contributed by atoms with Crippen molar-refractivity contribution < 1.29 is 9.47 Å². The van der Waals surface area contributed by atoms with Crippen molar-refractivity contribution in [3.05, 3.63) is 36.1 Å². The fraction of sp³-hybridized carbons (Fsp3) is 0.500. The summed E-state index contributed by atoms with van der Waals surface area (Å²) in [7, 11) is 3.35. The highest BCUT2D eigenvalue weighted by molar-refractivity contribution is 5.24. The van der Waals surface area contributed by atoms with Crippen molar-refractivity contribution in [2.75, 3.05) is 20.8 Å². The highest BCUT2D eigenvalue weighted by Crippen LogP contribution is 2.17. The van der Waals surface area contributed by atoms with Gasteiger partial charge in [-0.2, -0.15) is 0 Å². The van der Waals surface area contributed by atoms with E-state index in [1.54, 1.807) is 20.3 Å². The van der Waals surface area contributed by atoms with Crippen LogP contribution in [0.25, 0.3) is 0 Å². The molecule has 80 valence electrons. The summed E-state index contributed by atoms with van der Waals surface area (Å²) < 4.78 is 10.4. The molecule has 0 bridgehead atoms. The summed E-state index contributed by atoms with van der Waals surface area (Å²) in [4.78, 5) is 0. The van der Waals surface area contributed by atoms with Gasteiger partial charge < -0.3 is 9.47 Å². The molecule has 0 radical (unpaired) electrons. The monoisotopic (exact) mass is 196 g/mol. The van der Waals surface area contributed by atoms with Gasteiger partial charge in [0, 0.05) is 7.11 Å². The molecule has 0 aliphatic rings. The second kappa shape index (κ2) is 7.39. The summed E-state index contributed by atoms with van der Waals surface area (Å²) in [5.74, 6) is 1.28. The first-order valence-corrected chi connectivity index (χ1v) is 4.72. The first-order chi connectivity index (χ1) is 6.67. The van der Waals surface area contributed by atoms with E-state index in [1.165, 1.54) is 0 Å². The Morgan fingerprint density at radius 2 is 2.00 bits per heavy atom. The minimum absolute atomic E-state index is 0.416. The van der Waals surface area contributed by atoms with Gasteiger partial charge in [0.15, 0.2) is 0 Å². The summed E-state index contributed by atoms with van der Waals surface area (Å²) in [6.07, 6.45) is 5.49. The molecule has 0 aromatic rings. The molecule has 0 spiro atoms. The maximum Gasteiger partial charge on any atom is 0.120 e. The van der Waals surface area contributed by atoms with Crippen LogP contribution in [0.15, 0.2) is 36.1 Å². The Bertz CT molecular complexity index is 224. The van der Waals surface area contributed by atoms with Crippen LogP contribution in [0.4, 0.5) is 0 Å². The lowest BCUT2D eigenvalue weighted by Crippen LogP contribution is -2.06. The molecule has 14 heavy (non-hydrogen) atoms. The van der Waals surface area contributed by atoms with Crippen molar-refractivity contribution >= 4 is 0 Å². The van der Waals surface area contributed by atoms with E-state index in [2.05, 4.69) is 20.4 Å². The molecule has 0 aliphatic heterocycles. The van der Waals surface area contributed by atoms with E-state index in [0.717, 1.165) is 11.3 Å². The Balaban J connectivity index is 4.86. The molecule has 0 N–H and O–H groups in total. The highest BCUT2D eigenvalue weighted by Gasteiger charge is 2.08. The number of ether oxygens (including phenoxy) is 2. The lowest BCUT2D eigenvalue weighted by molar-refractivity contribution is 0.206. The summed E-state index contributed by atoms with van der Waals surface area (Å²) >= 11 is 0. The Labute approximate surface area is 86.9 Å². The SMILES string of the molecule is C=C/C=C\C(OC)=C(/COC)C(C)C. The molecule has 0 aliphatic carbocycles. The van der Waals surface area contributed by atoms with Crippen LogP contribution in [0.5, 0.6) is 0 Å². The van der Waals surface area contributed by atoms with Crippen molar-refractivity contribution in [2.45, 2.75) is 13.8 Å². The predicted octanol–water partition coefficient (Wildman–Crippen LogP) is 2.93. The zero-order valence-corrected chi connectivity index (χ0v) is 9.54. The molecule has 2 heteroatoms.